The zero-order valence-electron chi connectivity index (χ0n) is 14.1. The fourth-order valence-electron chi connectivity index (χ4n) is 3.88. The smallest absolute Gasteiger partial charge is 0.272 e. The van der Waals surface area contributed by atoms with Crippen molar-refractivity contribution in [2.45, 2.75) is 44.7 Å². The van der Waals surface area contributed by atoms with Crippen molar-refractivity contribution in [3.8, 4) is 6.07 Å². The lowest BCUT2D eigenvalue weighted by Gasteiger charge is -2.19. The zero-order chi connectivity index (χ0) is 17.4. The van der Waals surface area contributed by atoms with E-state index in [1.54, 1.807) is 13.1 Å². The van der Waals surface area contributed by atoms with Gasteiger partial charge in [0.2, 0.25) is 0 Å². The van der Waals surface area contributed by atoms with E-state index < -0.39 is 0 Å². The van der Waals surface area contributed by atoms with Crippen LogP contribution in [0.4, 0.5) is 0 Å². The first-order valence-electron chi connectivity index (χ1n) is 8.64. The molecule has 0 amide bonds. The second-order valence-electron chi connectivity index (χ2n) is 6.63. The summed E-state index contributed by atoms with van der Waals surface area (Å²) in [5, 5.41) is 13.0. The monoisotopic (exact) mass is 336 g/mol. The average molecular weight is 336 g/mol. The number of aromatic amines is 1. The first kappa shape index (κ1) is 15.8. The van der Waals surface area contributed by atoms with E-state index in [9.17, 15) is 4.79 Å². The summed E-state index contributed by atoms with van der Waals surface area (Å²) in [6.45, 7) is 2.46. The van der Waals surface area contributed by atoms with Crippen molar-refractivity contribution in [1.82, 2.24) is 24.8 Å². The van der Waals surface area contributed by atoms with Gasteiger partial charge in [0.15, 0.2) is 0 Å². The highest BCUT2D eigenvalue weighted by Gasteiger charge is 2.28. The van der Waals surface area contributed by atoms with Crippen LogP contribution >= 0.6 is 0 Å². The number of H-pyrrole nitrogens is 1. The molecule has 2 N–H and O–H groups in total. The fourth-order valence-corrected chi connectivity index (χ4v) is 3.88. The summed E-state index contributed by atoms with van der Waals surface area (Å²) in [6, 6.07) is 4.59. The number of fused-ring (bicyclic) bond motifs is 3. The predicted molar refractivity (Wildman–Crippen MR) is 95.3 cm³/mol. The molecule has 0 aromatic carbocycles. The molecule has 3 aromatic heterocycles. The third-order valence-corrected chi connectivity index (χ3v) is 5.04. The van der Waals surface area contributed by atoms with Gasteiger partial charge in [-0.15, -0.1) is 0 Å². The molecule has 0 aliphatic heterocycles. The Morgan fingerprint density at radius 3 is 3.20 bits per heavy atom. The van der Waals surface area contributed by atoms with Crippen LogP contribution in [0, 0.1) is 18.3 Å². The molecule has 2 unspecified atom stereocenters. The zero-order valence-corrected chi connectivity index (χ0v) is 14.1. The number of nitrogens with zero attached hydrogens (tertiary/aromatic N) is 4. The number of nitriles is 1. The summed E-state index contributed by atoms with van der Waals surface area (Å²) >= 11 is 0. The molecule has 0 spiro atoms. The van der Waals surface area contributed by atoms with Crippen LogP contribution in [-0.4, -0.2) is 32.1 Å². The Hall–Kier alpha value is -2.72. The normalized spacial score (nSPS) is 20.3. The van der Waals surface area contributed by atoms with E-state index in [0.717, 1.165) is 41.3 Å². The summed E-state index contributed by atoms with van der Waals surface area (Å²) in [6.07, 6.45) is 6.91. The highest BCUT2D eigenvalue weighted by Crippen LogP contribution is 2.33. The van der Waals surface area contributed by atoms with Gasteiger partial charge < -0.3 is 14.9 Å². The third-order valence-electron chi connectivity index (χ3n) is 5.04. The molecular weight excluding hydrogens is 316 g/mol. The Morgan fingerprint density at radius 2 is 2.36 bits per heavy atom. The summed E-state index contributed by atoms with van der Waals surface area (Å²) in [4.78, 5) is 24.9. The Bertz CT molecular complexity index is 1030. The van der Waals surface area contributed by atoms with Gasteiger partial charge in [-0.05, 0) is 32.3 Å². The maximum Gasteiger partial charge on any atom is 0.272 e. The molecule has 4 rings (SSSR count). The first-order chi connectivity index (χ1) is 12.2. The van der Waals surface area contributed by atoms with Crippen LogP contribution in [0.1, 0.15) is 37.4 Å². The van der Waals surface area contributed by atoms with Crippen LogP contribution in [0.5, 0.6) is 0 Å². The van der Waals surface area contributed by atoms with Crippen molar-refractivity contribution in [3.63, 3.8) is 0 Å². The molecule has 3 aromatic rings. The van der Waals surface area contributed by atoms with Crippen LogP contribution in [-0.2, 0) is 0 Å². The molecule has 1 aliphatic rings. The SMILES string of the molecule is Cc1nc2cnc3[nH]ccc3c2n(C2CCC(NCCC#N)C2)c1=O. The largest absolute Gasteiger partial charge is 0.346 e. The fraction of sp³-hybridized carbons (Fsp3) is 0.444. The quantitative estimate of drug-likeness (QED) is 0.711. The highest BCUT2D eigenvalue weighted by molar-refractivity contribution is 6.00. The highest BCUT2D eigenvalue weighted by atomic mass is 16.1. The van der Waals surface area contributed by atoms with Crippen LogP contribution < -0.4 is 10.9 Å². The van der Waals surface area contributed by atoms with Gasteiger partial charge in [-0.2, -0.15) is 5.26 Å². The van der Waals surface area contributed by atoms with Gasteiger partial charge in [-0.3, -0.25) is 4.79 Å². The van der Waals surface area contributed by atoms with E-state index in [2.05, 4.69) is 26.3 Å². The summed E-state index contributed by atoms with van der Waals surface area (Å²) < 4.78 is 1.92. The van der Waals surface area contributed by atoms with E-state index in [4.69, 9.17) is 5.26 Å². The number of aromatic nitrogens is 4. The van der Waals surface area contributed by atoms with Gasteiger partial charge in [0.25, 0.3) is 5.56 Å². The molecule has 7 heteroatoms. The molecule has 1 saturated carbocycles. The molecule has 7 nitrogen and oxygen atoms in total. The molecule has 128 valence electrons. The minimum Gasteiger partial charge on any atom is -0.346 e. The topological polar surface area (TPSA) is 99.4 Å². The first-order valence-corrected chi connectivity index (χ1v) is 8.64. The molecule has 2 atom stereocenters. The van der Waals surface area contributed by atoms with Crippen molar-refractivity contribution < 1.29 is 0 Å². The second kappa shape index (κ2) is 6.30. The Kier molecular flexibility index (Phi) is 3.98. The van der Waals surface area contributed by atoms with E-state index in [1.807, 2.05) is 16.8 Å². The molecule has 3 heterocycles. The predicted octanol–water partition coefficient (Wildman–Crippen LogP) is 2.18. The summed E-state index contributed by atoms with van der Waals surface area (Å²) in [5.74, 6) is 0. The van der Waals surface area contributed by atoms with E-state index in [-0.39, 0.29) is 11.6 Å². The second-order valence-corrected chi connectivity index (χ2v) is 6.63. The van der Waals surface area contributed by atoms with Crippen LogP contribution in [0.3, 0.4) is 0 Å². The minimum absolute atomic E-state index is 0.0242. The summed E-state index contributed by atoms with van der Waals surface area (Å²) in [7, 11) is 0. The average Bonchev–Trinajstić information content (AvgIpc) is 3.25. The molecule has 0 radical (unpaired) electrons. The van der Waals surface area contributed by atoms with E-state index >= 15 is 0 Å². The lowest BCUT2D eigenvalue weighted by Crippen LogP contribution is -2.30. The van der Waals surface area contributed by atoms with Gasteiger partial charge in [0, 0.05) is 36.6 Å². The van der Waals surface area contributed by atoms with Crippen molar-refractivity contribution >= 4 is 22.1 Å². The molecular formula is C18H20N6O. The number of pyridine rings is 1. The van der Waals surface area contributed by atoms with Gasteiger partial charge in [-0.25, -0.2) is 9.97 Å². The van der Waals surface area contributed by atoms with Crippen LogP contribution in [0.15, 0.2) is 23.3 Å². The number of nitrogens with one attached hydrogen (secondary N) is 2. The molecule has 1 aliphatic carbocycles. The lowest BCUT2D eigenvalue weighted by molar-refractivity contribution is 0.476. The van der Waals surface area contributed by atoms with Gasteiger partial charge in [0.05, 0.1) is 17.8 Å². The Morgan fingerprint density at radius 1 is 1.48 bits per heavy atom. The van der Waals surface area contributed by atoms with E-state index in [0.29, 0.717) is 24.7 Å². The van der Waals surface area contributed by atoms with Crippen molar-refractivity contribution in [3.05, 3.63) is 34.5 Å². The van der Waals surface area contributed by atoms with Crippen molar-refractivity contribution in [2.24, 2.45) is 0 Å². The number of hydrogen-bond donors (Lipinski definition) is 2. The van der Waals surface area contributed by atoms with Crippen molar-refractivity contribution in [1.29, 1.82) is 5.26 Å². The molecule has 0 saturated heterocycles. The standard InChI is InChI=1S/C18H20N6O/c1-11-18(25)24(13-4-3-12(9-13)20-7-2-6-19)16-14-5-8-21-17(14)22-10-15(16)23-11/h5,8,10,12-13,20H,2-4,7,9H2,1H3,(H,21,22). The van der Waals surface area contributed by atoms with Crippen molar-refractivity contribution in [2.75, 3.05) is 6.54 Å². The molecule has 25 heavy (non-hydrogen) atoms. The van der Waals surface area contributed by atoms with Gasteiger partial charge in [-0.1, -0.05) is 0 Å². The van der Waals surface area contributed by atoms with Crippen LogP contribution in [0.2, 0.25) is 0 Å². The van der Waals surface area contributed by atoms with Crippen LogP contribution in [0.25, 0.3) is 22.1 Å². The van der Waals surface area contributed by atoms with E-state index in [1.165, 1.54) is 0 Å². The van der Waals surface area contributed by atoms with Gasteiger partial charge >= 0.3 is 0 Å². The minimum atomic E-state index is -0.0242. The Balaban J connectivity index is 1.79. The van der Waals surface area contributed by atoms with Gasteiger partial charge in [0.1, 0.15) is 16.9 Å². The molecule has 0 bridgehead atoms. The Labute approximate surface area is 144 Å². The number of rotatable bonds is 4. The maximum atomic E-state index is 12.9. The summed E-state index contributed by atoms with van der Waals surface area (Å²) in [5.41, 5.74) is 2.87. The lowest BCUT2D eigenvalue weighted by atomic mass is 10.2. The number of aryl methyl sites for hydroxylation is 1. The maximum absolute atomic E-state index is 12.9. The third kappa shape index (κ3) is 2.68. The molecule has 1 fully saturated rings. The number of hydrogen-bond acceptors (Lipinski definition) is 5.